The van der Waals surface area contributed by atoms with E-state index in [0.29, 0.717) is 12.3 Å². The molecular formula is C13H21NO4. The number of hydrogen-bond acceptors (Lipinski definition) is 5. The number of esters is 1. The molecule has 0 aromatic carbocycles. The number of ether oxygens (including phenoxy) is 2. The lowest BCUT2D eigenvalue weighted by atomic mass is 9.94. The van der Waals surface area contributed by atoms with Gasteiger partial charge in [0.05, 0.1) is 0 Å². The Morgan fingerprint density at radius 1 is 1.28 bits per heavy atom. The van der Waals surface area contributed by atoms with Crippen molar-refractivity contribution in [2.24, 2.45) is 5.92 Å². The minimum Gasteiger partial charge on any atom is -0.429 e. The third kappa shape index (κ3) is 1.85. The maximum Gasteiger partial charge on any atom is 0.371 e. The number of nitrogens with one attached hydrogen (secondary N) is 1. The standard InChI is InChI=1S/C13H21NO4/c1-9(2)10-8-13(18-14-10)11(15)16-12(17-13)6-4-3-5-7-12/h9-10,14H,3-8H2,1-2H3/t10-,13?/m1/s1. The fraction of sp³-hybridized carbons (Fsp3) is 0.923. The zero-order chi connectivity index (χ0) is 12.8. The smallest absolute Gasteiger partial charge is 0.371 e. The van der Waals surface area contributed by atoms with E-state index in [-0.39, 0.29) is 12.0 Å². The lowest BCUT2D eigenvalue weighted by molar-refractivity contribution is -0.270. The Labute approximate surface area is 107 Å². The molecule has 3 aliphatic rings. The second-order valence-corrected chi connectivity index (χ2v) is 5.99. The Morgan fingerprint density at radius 2 is 2.00 bits per heavy atom. The maximum absolute atomic E-state index is 12.1. The van der Waals surface area contributed by atoms with E-state index in [1.807, 2.05) is 0 Å². The number of carbonyl (C=O) groups is 1. The molecule has 5 nitrogen and oxygen atoms in total. The fourth-order valence-corrected chi connectivity index (χ4v) is 3.01. The number of hydroxylamine groups is 1. The van der Waals surface area contributed by atoms with Crippen molar-refractivity contribution in [2.45, 2.75) is 70.0 Å². The molecule has 5 heteroatoms. The first kappa shape index (κ1) is 12.4. The van der Waals surface area contributed by atoms with Gasteiger partial charge in [-0.1, -0.05) is 20.3 Å². The summed E-state index contributed by atoms with van der Waals surface area (Å²) in [7, 11) is 0. The van der Waals surface area contributed by atoms with Gasteiger partial charge in [0.2, 0.25) is 5.79 Å². The molecule has 2 spiro atoms. The molecule has 3 fully saturated rings. The second kappa shape index (κ2) is 4.18. The van der Waals surface area contributed by atoms with Crippen LogP contribution in [0.1, 0.15) is 52.4 Å². The molecule has 0 aromatic heterocycles. The molecule has 3 rings (SSSR count). The highest BCUT2D eigenvalue weighted by Gasteiger charge is 2.63. The molecule has 0 bridgehead atoms. The molecule has 2 saturated heterocycles. The van der Waals surface area contributed by atoms with Gasteiger partial charge in [0.25, 0.3) is 5.79 Å². The van der Waals surface area contributed by atoms with Gasteiger partial charge in [0.1, 0.15) is 0 Å². The zero-order valence-corrected chi connectivity index (χ0v) is 11.0. The highest BCUT2D eigenvalue weighted by molar-refractivity contribution is 5.80. The van der Waals surface area contributed by atoms with Gasteiger partial charge in [-0.2, -0.15) is 5.48 Å². The lowest BCUT2D eigenvalue weighted by Crippen LogP contribution is -2.39. The summed E-state index contributed by atoms with van der Waals surface area (Å²) in [5.41, 5.74) is 2.92. The van der Waals surface area contributed by atoms with Crippen molar-refractivity contribution in [3.8, 4) is 0 Å². The number of carbonyl (C=O) groups excluding carboxylic acids is 1. The fourth-order valence-electron chi connectivity index (χ4n) is 3.01. The average Bonchev–Trinajstić information content (AvgIpc) is 2.85. The Balaban J connectivity index is 1.76. The topological polar surface area (TPSA) is 56.8 Å². The van der Waals surface area contributed by atoms with Crippen LogP contribution in [0.15, 0.2) is 0 Å². The van der Waals surface area contributed by atoms with Crippen molar-refractivity contribution < 1.29 is 19.1 Å². The molecule has 2 heterocycles. The molecule has 1 saturated carbocycles. The first-order chi connectivity index (χ1) is 8.55. The highest BCUT2D eigenvalue weighted by atomic mass is 16.9. The van der Waals surface area contributed by atoms with E-state index >= 15 is 0 Å². The first-order valence-corrected chi connectivity index (χ1v) is 6.92. The molecule has 102 valence electrons. The summed E-state index contributed by atoms with van der Waals surface area (Å²) >= 11 is 0. The molecule has 0 amide bonds. The van der Waals surface area contributed by atoms with Gasteiger partial charge in [-0.3, -0.25) is 9.57 Å². The predicted molar refractivity (Wildman–Crippen MR) is 63.2 cm³/mol. The number of rotatable bonds is 1. The van der Waals surface area contributed by atoms with Crippen molar-refractivity contribution >= 4 is 5.97 Å². The van der Waals surface area contributed by atoms with Gasteiger partial charge in [-0.05, 0) is 18.8 Å². The van der Waals surface area contributed by atoms with E-state index in [0.717, 1.165) is 25.7 Å². The van der Waals surface area contributed by atoms with Gasteiger partial charge < -0.3 is 4.74 Å². The molecule has 0 aromatic rings. The molecule has 2 aliphatic heterocycles. The van der Waals surface area contributed by atoms with E-state index in [2.05, 4.69) is 19.3 Å². The van der Waals surface area contributed by atoms with Crippen LogP contribution in [0.5, 0.6) is 0 Å². The SMILES string of the molecule is CC(C)[C@H]1CC2(ON1)OC1(CCCCC1)OC2=O. The van der Waals surface area contributed by atoms with Crippen LogP contribution >= 0.6 is 0 Å². The molecular weight excluding hydrogens is 234 g/mol. The van der Waals surface area contributed by atoms with Gasteiger partial charge >= 0.3 is 5.97 Å². The van der Waals surface area contributed by atoms with Crippen molar-refractivity contribution in [2.75, 3.05) is 0 Å². The van der Waals surface area contributed by atoms with Gasteiger partial charge in [0, 0.05) is 25.3 Å². The van der Waals surface area contributed by atoms with Crippen LogP contribution in [0.3, 0.4) is 0 Å². The third-order valence-corrected chi connectivity index (χ3v) is 4.22. The summed E-state index contributed by atoms with van der Waals surface area (Å²) in [6.07, 6.45) is 5.38. The summed E-state index contributed by atoms with van der Waals surface area (Å²) in [6, 6.07) is 0.135. The number of hydrogen-bond donors (Lipinski definition) is 1. The van der Waals surface area contributed by atoms with Crippen LogP contribution in [0.2, 0.25) is 0 Å². The monoisotopic (exact) mass is 255 g/mol. The van der Waals surface area contributed by atoms with Crippen molar-refractivity contribution in [1.82, 2.24) is 5.48 Å². The summed E-state index contributed by atoms with van der Waals surface area (Å²) in [5, 5.41) is 0. The quantitative estimate of drug-likeness (QED) is 0.725. The second-order valence-electron chi connectivity index (χ2n) is 5.99. The Hall–Kier alpha value is -0.650. The summed E-state index contributed by atoms with van der Waals surface area (Å²) in [5.74, 6) is -1.89. The normalized spacial score (nSPS) is 38.8. The first-order valence-electron chi connectivity index (χ1n) is 6.92. The van der Waals surface area contributed by atoms with Gasteiger partial charge in [0.15, 0.2) is 0 Å². The van der Waals surface area contributed by atoms with Crippen molar-refractivity contribution in [1.29, 1.82) is 0 Å². The zero-order valence-electron chi connectivity index (χ0n) is 11.0. The van der Waals surface area contributed by atoms with Crippen LogP contribution in [0.25, 0.3) is 0 Å². The van der Waals surface area contributed by atoms with Crippen LogP contribution in [0.4, 0.5) is 0 Å². The molecule has 0 radical (unpaired) electrons. The Kier molecular flexibility index (Phi) is 2.88. The third-order valence-electron chi connectivity index (χ3n) is 4.22. The lowest BCUT2D eigenvalue weighted by Gasteiger charge is -2.31. The van der Waals surface area contributed by atoms with E-state index in [4.69, 9.17) is 14.3 Å². The minimum absolute atomic E-state index is 0.135. The molecule has 18 heavy (non-hydrogen) atoms. The predicted octanol–water partition coefficient (Wildman–Crippen LogP) is 1.87. The average molecular weight is 255 g/mol. The molecule has 1 unspecified atom stereocenters. The van der Waals surface area contributed by atoms with Crippen LogP contribution < -0.4 is 5.48 Å². The van der Waals surface area contributed by atoms with Crippen molar-refractivity contribution in [3.05, 3.63) is 0 Å². The Bertz CT molecular complexity index is 351. The van der Waals surface area contributed by atoms with Crippen LogP contribution in [0, 0.1) is 5.92 Å². The van der Waals surface area contributed by atoms with Crippen LogP contribution in [-0.2, 0) is 19.1 Å². The van der Waals surface area contributed by atoms with Gasteiger partial charge in [-0.15, -0.1) is 0 Å². The van der Waals surface area contributed by atoms with E-state index in [1.165, 1.54) is 6.42 Å². The Morgan fingerprint density at radius 3 is 2.61 bits per heavy atom. The highest BCUT2D eigenvalue weighted by Crippen LogP contribution is 2.46. The van der Waals surface area contributed by atoms with E-state index < -0.39 is 11.6 Å². The van der Waals surface area contributed by atoms with Gasteiger partial charge in [-0.25, -0.2) is 4.79 Å². The van der Waals surface area contributed by atoms with E-state index in [9.17, 15) is 4.79 Å². The molecule has 2 atom stereocenters. The summed E-state index contributed by atoms with van der Waals surface area (Å²) in [4.78, 5) is 17.6. The molecule has 1 aliphatic carbocycles. The molecule has 1 N–H and O–H groups in total. The van der Waals surface area contributed by atoms with Crippen molar-refractivity contribution in [3.63, 3.8) is 0 Å². The van der Waals surface area contributed by atoms with E-state index in [1.54, 1.807) is 0 Å². The summed E-state index contributed by atoms with van der Waals surface area (Å²) < 4.78 is 11.5. The van der Waals surface area contributed by atoms with Crippen LogP contribution in [-0.4, -0.2) is 23.6 Å². The summed E-state index contributed by atoms with van der Waals surface area (Å²) in [6.45, 7) is 4.19. The minimum atomic E-state index is -1.20. The maximum atomic E-state index is 12.1. The largest absolute Gasteiger partial charge is 0.429 e.